The van der Waals surface area contributed by atoms with Crippen LogP contribution >= 0.6 is 0 Å². The monoisotopic (exact) mass is 280 g/mol. The van der Waals surface area contributed by atoms with Gasteiger partial charge in [0.05, 0.1) is 24.0 Å². The third kappa shape index (κ3) is 1.91. The zero-order valence-electron chi connectivity index (χ0n) is 11.5. The van der Waals surface area contributed by atoms with E-state index >= 15 is 0 Å². The van der Waals surface area contributed by atoms with E-state index < -0.39 is 0 Å². The van der Waals surface area contributed by atoms with Gasteiger partial charge in [-0.05, 0) is 24.5 Å². The van der Waals surface area contributed by atoms with E-state index in [4.69, 9.17) is 5.84 Å². The molecule has 3 N–H and O–H groups in total. The van der Waals surface area contributed by atoms with Crippen molar-refractivity contribution < 1.29 is 0 Å². The summed E-state index contributed by atoms with van der Waals surface area (Å²) < 4.78 is 1.82. The maximum atomic E-state index is 5.86. The summed E-state index contributed by atoms with van der Waals surface area (Å²) in [4.78, 5) is 8.75. The molecular weight excluding hydrogens is 264 g/mol. The Labute approximate surface area is 122 Å². The van der Waals surface area contributed by atoms with Gasteiger partial charge in [-0.2, -0.15) is 5.10 Å². The van der Waals surface area contributed by atoms with E-state index in [0.29, 0.717) is 0 Å². The van der Waals surface area contributed by atoms with Crippen molar-refractivity contribution in [3.05, 3.63) is 59.9 Å². The van der Waals surface area contributed by atoms with Crippen LogP contribution in [0.2, 0.25) is 0 Å². The summed E-state index contributed by atoms with van der Waals surface area (Å²) in [6, 6.07) is 4.13. The van der Waals surface area contributed by atoms with Gasteiger partial charge in [-0.1, -0.05) is 6.07 Å². The lowest BCUT2D eigenvalue weighted by Crippen LogP contribution is -2.32. The maximum absolute atomic E-state index is 5.86. The summed E-state index contributed by atoms with van der Waals surface area (Å²) >= 11 is 0. The summed E-state index contributed by atoms with van der Waals surface area (Å²) in [6.07, 6.45) is 11.2. The fourth-order valence-electron chi connectivity index (χ4n) is 3.28. The number of aryl methyl sites for hydroxylation is 1. The Morgan fingerprint density at radius 2 is 2.29 bits per heavy atom. The Morgan fingerprint density at radius 3 is 3.19 bits per heavy atom. The van der Waals surface area contributed by atoms with E-state index in [-0.39, 0.29) is 12.0 Å². The summed E-state index contributed by atoms with van der Waals surface area (Å²) in [5.74, 6) is 6.12. The normalized spacial score (nSPS) is 18.8. The molecule has 6 heteroatoms. The van der Waals surface area contributed by atoms with Crippen LogP contribution in [0.4, 0.5) is 0 Å². The van der Waals surface area contributed by atoms with E-state index in [1.54, 1.807) is 6.20 Å². The molecule has 0 amide bonds. The number of hydrogen-bond acceptors (Lipinski definition) is 5. The van der Waals surface area contributed by atoms with Crippen molar-refractivity contribution in [1.29, 1.82) is 0 Å². The number of pyridine rings is 1. The van der Waals surface area contributed by atoms with Crippen molar-refractivity contribution in [2.45, 2.75) is 24.8 Å². The third-order valence-corrected chi connectivity index (χ3v) is 4.27. The second-order valence-electron chi connectivity index (χ2n) is 5.34. The average Bonchev–Trinajstić information content (AvgIpc) is 3.14. The van der Waals surface area contributed by atoms with Gasteiger partial charge in [0.15, 0.2) is 0 Å². The zero-order chi connectivity index (χ0) is 14.2. The lowest BCUT2D eigenvalue weighted by molar-refractivity contribution is 0.449. The SMILES string of the molecule is NNC(c1cnn2ccncc12)C1CCc2cccnc21. The molecule has 1 aliphatic carbocycles. The number of aromatic nitrogens is 4. The topological polar surface area (TPSA) is 81.1 Å². The highest BCUT2D eigenvalue weighted by Gasteiger charge is 2.32. The molecule has 0 spiro atoms. The number of fused-ring (bicyclic) bond motifs is 2. The molecule has 0 radical (unpaired) electrons. The molecule has 3 aromatic heterocycles. The van der Waals surface area contributed by atoms with Crippen LogP contribution in [-0.4, -0.2) is 19.6 Å². The molecule has 106 valence electrons. The molecule has 0 bridgehead atoms. The summed E-state index contributed by atoms with van der Waals surface area (Å²) in [5.41, 5.74) is 7.46. The van der Waals surface area contributed by atoms with Crippen LogP contribution in [-0.2, 0) is 6.42 Å². The molecule has 1 aliphatic rings. The number of nitrogens with zero attached hydrogens (tertiary/aromatic N) is 4. The largest absolute Gasteiger partial charge is 0.271 e. The first-order valence-corrected chi connectivity index (χ1v) is 7.05. The molecule has 0 saturated heterocycles. The van der Waals surface area contributed by atoms with Crippen LogP contribution in [0.1, 0.15) is 35.2 Å². The predicted molar refractivity (Wildman–Crippen MR) is 78.4 cm³/mol. The van der Waals surface area contributed by atoms with Gasteiger partial charge in [-0.3, -0.25) is 21.2 Å². The van der Waals surface area contributed by atoms with Crippen LogP contribution in [0.15, 0.2) is 43.1 Å². The van der Waals surface area contributed by atoms with E-state index in [9.17, 15) is 0 Å². The number of hydrazine groups is 1. The minimum atomic E-state index is -0.0113. The predicted octanol–water partition coefficient (Wildman–Crippen LogP) is 1.36. The first-order chi connectivity index (χ1) is 10.4. The highest BCUT2D eigenvalue weighted by Crippen LogP contribution is 2.40. The molecule has 0 aromatic carbocycles. The summed E-state index contributed by atoms with van der Waals surface area (Å²) in [6.45, 7) is 0. The summed E-state index contributed by atoms with van der Waals surface area (Å²) in [5, 5.41) is 4.38. The van der Waals surface area contributed by atoms with Crippen molar-refractivity contribution in [3.63, 3.8) is 0 Å². The Morgan fingerprint density at radius 1 is 1.33 bits per heavy atom. The second-order valence-corrected chi connectivity index (χ2v) is 5.34. The van der Waals surface area contributed by atoms with Crippen LogP contribution < -0.4 is 11.3 Å². The van der Waals surface area contributed by atoms with Crippen LogP contribution in [0.25, 0.3) is 5.52 Å². The van der Waals surface area contributed by atoms with Crippen molar-refractivity contribution >= 4 is 5.52 Å². The molecule has 6 nitrogen and oxygen atoms in total. The molecule has 2 unspecified atom stereocenters. The zero-order valence-corrected chi connectivity index (χ0v) is 11.5. The van der Waals surface area contributed by atoms with E-state index in [2.05, 4.69) is 26.6 Å². The molecule has 0 fully saturated rings. The van der Waals surface area contributed by atoms with E-state index in [1.165, 1.54) is 5.56 Å². The first kappa shape index (κ1) is 12.4. The number of nitrogens with one attached hydrogen (secondary N) is 1. The third-order valence-electron chi connectivity index (χ3n) is 4.27. The highest BCUT2D eigenvalue weighted by molar-refractivity contribution is 5.54. The van der Waals surface area contributed by atoms with Crippen molar-refractivity contribution in [2.24, 2.45) is 5.84 Å². The molecular formula is C15H16N6. The Bertz CT molecular complexity index is 780. The molecule has 2 atom stereocenters. The van der Waals surface area contributed by atoms with E-state index in [0.717, 1.165) is 29.6 Å². The van der Waals surface area contributed by atoms with Gasteiger partial charge in [0, 0.05) is 35.8 Å². The van der Waals surface area contributed by atoms with Crippen molar-refractivity contribution in [2.75, 3.05) is 0 Å². The molecule has 4 rings (SSSR count). The van der Waals surface area contributed by atoms with Gasteiger partial charge in [0.1, 0.15) is 0 Å². The maximum Gasteiger partial charge on any atom is 0.0893 e. The smallest absolute Gasteiger partial charge is 0.0893 e. The molecule has 3 heterocycles. The van der Waals surface area contributed by atoms with Gasteiger partial charge >= 0.3 is 0 Å². The van der Waals surface area contributed by atoms with Gasteiger partial charge in [0.2, 0.25) is 0 Å². The van der Waals surface area contributed by atoms with Crippen LogP contribution in [0.5, 0.6) is 0 Å². The van der Waals surface area contributed by atoms with Crippen LogP contribution in [0, 0.1) is 0 Å². The lowest BCUT2D eigenvalue weighted by atomic mass is 9.92. The van der Waals surface area contributed by atoms with Crippen LogP contribution in [0.3, 0.4) is 0 Å². The lowest BCUT2D eigenvalue weighted by Gasteiger charge is -2.22. The Hall–Kier alpha value is -2.31. The minimum Gasteiger partial charge on any atom is -0.271 e. The number of hydrogen-bond donors (Lipinski definition) is 2. The second kappa shape index (κ2) is 4.91. The Balaban J connectivity index is 1.79. The van der Waals surface area contributed by atoms with Gasteiger partial charge < -0.3 is 0 Å². The number of rotatable bonds is 3. The van der Waals surface area contributed by atoms with Crippen molar-refractivity contribution in [1.82, 2.24) is 25.0 Å². The molecule has 0 saturated carbocycles. The molecule has 21 heavy (non-hydrogen) atoms. The van der Waals surface area contributed by atoms with Gasteiger partial charge in [-0.15, -0.1) is 0 Å². The van der Waals surface area contributed by atoms with E-state index in [1.807, 2.05) is 35.4 Å². The molecule has 0 aliphatic heterocycles. The highest BCUT2D eigenvalue weighted by atomic mass is 15.3. The fraction of sp³-hybridized carbons (Fsp3) is 0.267. The fourth-order valence-corrected chi connectivity index (χ4v) is 3.28. The quantitative estimate of drug-likeness (QED) is 0.559. The standard InChI is InChI=1S/C15H16N6/c16-20-15(11-4-3-10-2-1-5-18-14(10)11)12-8-19-21-7-6-17-9-13(12)21/h1-2,5-9,11,15,20H,3-4,16H2. The van der Waals surface area contributed by atoms with Gasteiger partial charge in [-0.25, -0.2) is 4.52 Å². The first-order valence-electron chi connectivity index (χ1n) is 7.05. The summed E-state index contributed by atoms with van der Waals surface area (Å²) in [7, 11) is 0. The van der Waals surface area contributed by atoms with Crippen molar-refractivity contribution in [3.8, 4) is 0 Å². The Kier molecular flexibility index (Phi) is 2.90. The number of nitrogens with two attached hydrogens (primary N) is 1. The average molecular weight is 280 g/mol. The minimum absolute atomic E-state index is 0.0113. The molecule has 3 aromatic rings. The van der Waals surface area contributed by atoms with Gasteiger partial charge in [0.25, 0.3) is 0 Å².